The molecule has 0 aliphatic carbocycles. The molecule has 0 saturated carbocycles. The summed E-state index contributed by atoms with van der Waals surface area (Å²) in [5, 5.41) is 13.7. The van der Waals surface area contributed by atoms with Crippen LogP contribution in [-0.4, -0.2) is 77.1 Å². The van der Waals surface area contributed by atoms with Crippen LogP contribution in [0.2, 0.25) is 0 Å². The first-order chi connectivity index (χ1) is 15.3. The fraction of sp³-hybridized carbons (Fsp3) is 0.667. The van der Waals surface area contributed by atoms with Gasteiger partial charge in [0.15, 0.2) is 15.5 Å². The van der Waals surface area contributed by atoms with Crippen LogP contribution in [0.1, 0.15) is 61.6 Å². The summed E-state index contributed by atoms with van der Waals surface area (Å²) in [5.74, 6) is -0.0678. The number of carbonyl (C=O) groups is 1. The van der Waals surface area contributed by atoms with Crippen molar-refractivity contribution in [2.24, 2.45) is 0 Å². The number of sulfone groups is 1. The topological polar surface area (TPSA) is 140 Å². The Labute approximate surface area is 186 Å². The van der Waals surface area contributed by atoms with Crippen molar-refractivity contribution in [1.82, 2.24) is 19.5 Å². The summed E-state index contributed by atoms with van der Waals surface area (Å²) in [7, 11) is -3.66. The Balaban J connectivity index is 1.61. The molecular weight excluding hydrogens is 434 g/mol. The molecule has 5 heterocycles. The second-order valence-electron chi connectivity index (χ2n) is 9.22. The number of rotatable bonds is 4. The smallest absolute Gasteiger partial charge is 0.248 e. The van der Waals surface area contributed by atoms with Gasteiger partial charge in [0.25, 0.3) is 0 Å². The first-order valence-electron chi connectivity index (χ1n) is 11.2. The van der Waals surface area contributed by atoms with Gasteiger partial charge in [0.2, 0.25) is 5.91 Å². The van der Waals surface area contributed by atoms with Crippen LogP contribution in [0.15, 0.2) is 11.1 Å². The Morgan fingerprint density at radius 1 is 1.19 bits per heavy atom. The maximum absolute atomic E-state index is 12.8. The number of nitrogens with zero attached hydrogens (tertiary/aromatic N) is 4. The highest BCUT2D eigenvalue weighted by Gasteiger charge is 2.45. The van der Waals surface area contributed by atoms with E-state index in [0.717, 1.165) is 37.5 Å². The molecule has 3 N–H and O–H groups in total. The summed E-state index contributed by atoms with van der Waals surface area (Å²) < 4.78 is 32.5. The van der Waals surface area contributed by atoms with E-state index < -0.39 is 16.4 Å². The maximum atomic E-state index is 12.8. The first-order valence-corrected chi connectivity index (χ1v) is 13.1. The minimum Gasteiger partial charge on any atom is -0.387 e. The summed E-state index contributed by atoms with van der Waals surface area (Å²) in [6, 6.07) is -0.0464. The van der Waals surface area contributed by atoms with E-state index in [-0.39, 0.29) is 40.5 Å². The van der Waals surface area contributed by atoms with Crippen molar-refractivity contribution >= 4 is 27.2 Å². The molecule has 3 atom stereocenters. The average Bonchev–Trinajstić information content (AvgIpc) is 3.31. The van der Waals surface area contributed by atoms with Crippen LogP contribution in [0.4, 0.5) is 5.82 Å². The SMILES string of the molecule is CS(=O)(=O)c1c([C@H]2C[C@H]3CC[C@@H](C2)N3C(=O)CO)nc2c(C3CCOCC3)cnn2c1N. The molecule has 3 saturated heterocycles. The lowest BCUT2D eigenvalue weighted by atomic mass is 9.87. The number of fused-ring (bicyclic) bond motifs is 3. The summed E-state index contributed by atoms with van der Waals surface area (Å²) in [5.41, 5.74) is 8.46. The molecule has 10 nitrogen and oxygen atoms in total. The van der Waals surface area contributed by atoms with Crippen molar-refractivity contribution in [3.05, 3.63) is 17.5 Å². The van der Waals surface area contributed by atoms with Crippen LogP contribution >= 0.6 is 0 Å². The van der Waals surface area contributed by atoms with Gasteiger partial charge in [-0.1, -0.05) is 0 Å². The van der Waals surface area contributed by atoms with Gasteiger partial charge in [-0.15, -0.1) is 0 Å². The molecular formula is C21H29N5O5S. The molecule has 3 aliphatic rings. The number of aliphatic hydroxyl groups excluding tert-OH is 1. The van der Waals surface area contributed by atoms with E-state index in [1.54, 1.807) is 11.1 Å². The fourth-order valence-corrected chi connectivity index (χ4v) is 6.94. The van der Waals surface area contributed by atoms with Crippen LogP contribution in [0.5, 0.6) is 0 Å². The number of anilines is 1. The van der Waals surface area contributed by atoms with E-state index in [4.69, 9.17) is 15.5 Å². The zero-order valence-corrected chi connectivity index (χ0v) is 18.9. The first kappa shape index (κ1) is 21.6. The van der Waals surface area contributed by atoms with E-state index in [9.17, 15) is 18.3 Å². The van der Waals surface area contributed by atoms with E-state index >= 15 is 0 Å². The molecule has 3 fully saturated rings. The molecule has 3 aliphatic heterocycles. The van der Waals surface area contributed by atoms with Crippen molar-refractivity contribution < 1.29 is 23.1 Å². The van der Waals surface area contributed by atoms with Crippen molar-refractivity contribution in [2.75, 3.05) is 31.8 Å². The molecule has 0 aromatic carbocycles. The molecule has 1 amide bonds. The number of piperidine rings is 1. The fourth-order valence-electron chi connectivity index (χ4n) is 5.88. The number of ether oxygens (including phenoxy) is 1. The van der Waals surface area contributed by atoms with Gasteiger partial charge in [-0.3, -0.25) is 4.79 Å². The zero-order valence-electron chi connectivity index (χ0n) is 18.1. The van der Waals surface area contributed by atoms with E-state index in [2.05, 4.69) is 5.10 Å². The average molecular weight is 464 g/mol. The number of hydrogen-bond acceptors (Lipinski definition) is 8. The molecule has 0 spiro atoms. The molecule has 0 unspecified atom stereocenters. The minimum atomic E-state index is -3.66. The quantitative estimate of drug-likeness (QED) is 0.680. The minimum absolute atomic E-state index is 0.0232. The number of aromatic nitrogens is 3. The molecule has 5 rings (SSSR count). The van der Waals surface area contributed by atoms with E-state index in [1.165, 1.54) is 4.52 Å². The Kier molecular flexibility index (Phi) is 5.37. The van der Waals surface area contributed by atoms with E-state index in [0.29, 0.717) is 37.4 Å². The van der Waals surface area contributed by atoms with Gasteiger partial charge in [0, 0.05) is 43.0 Å². The largest absolute Gasteiger partial charge is 0.387 e. The van der Waals surface area contributed by atoms with Crippen molar-refractivity contribution in [3.8, 4) is 0 Å². The number of hydrogen-bond donors (Lipinski definition) is 2. The van der Waals surface area contributed by atoms with Crippen LogP contribution < -0.4 is 5.73 Å². The zero-order chi connectivity index (χ0) is 22.6. The third-order valence-corrected chi connectivity index (χ3v) is 8.43. The molecule has 2 bridgehead atoms. The predicted octanol–water partition coefficient (Wildman–Crippen LogP) is 0.838. The summed E-state index contributed by atoms with van der Waals surface area (Å²) in [6.07, 6.45) is 7.52. The van der Waals surface area contributed by atoms with Crippen LogP contribution in [-0.2, 0) is 19.4 Å². The molecule has 32 heavy (non-hydrogen) atoms. The lowest BCUT2D eigenvalue weighted by Gasteiger charge is -2.39. The maximum Gasteiger partial charge on any atom is 0.248 e. The van der Waals surface area contributed by atoms with Gasteiger partial charge in [0.05, 0.1) is 11.9 Å². The molecule has 2 aromatic heterocycles. The summed E-state index contributed by atoms with van der Waals surface area (Å²) in [6.45, 7) is 0.840. The molecule has 0 radical (unpaired) electrons. The lowest BCUT2D eigenvalue weighted by Crippen LogP contribution is -2.47. The van der Waals surface area contributed by atoms with Gasteiger partial charge in [-0.25, -0.2) is 13.4 Å². The van der Waals surface area contributed by atoms with Crippen LogP contribution in [0.3, 0.4) is 0 Å². The Bertz CT molecular complexity index is 1140. The Morgan fingerprint density at radius 2 is 1.84 bits per heavy atom. The number of nitrogens with two attached hydrogens (primary N) is 1. The Morgan fingerprint density at radius 3 is 2.44 bits per heavy atom. The Hall–Kier alpha value is -2.24. The molecule has 2 aromatic rings. The van der Waals surface area contributed by atoms with Crippen LogP contribution in [0.25, 0.3) is 5.65 Å². The standard InChI is InChI=1S/C21H29N5O5S/c1-32(29,30)19-18(13-8-14-2-3-15(9-13)25(14)17(28)11-27)24-21-16(10-23-26(21)20(19)22)12-4-6-31-7-5-12/h10,12-15,27H,2-9,11,22H2,1H3/t13-,14+,15-. The molecule has 174 valence electrons. The van der Waals surface area contributed by atoms with E-state index in [1.807, 2.05) is 0 Å². The number of nitrogen functional groups attached to an aromatic ring is 1. The normalized spacial score (nSPS) is 26.7. The van der Waals surface area contributed by atoms with Gasteiger partial charge in [-0.2, -0.15) is 9.61 Å². The van der Waals surface area contributed by atoms with Gasteiger partial charge in [0.1, 0.15) is 17.3 Å². The second kappa shape index (κ2) is 7.96. The van der Waals surface area contributed by atoms with Crippen molar-refractivity contribution in [3.63, 3.8) is 0 Å². The summed E-state index contributed by atoms with van der Waals surface area (Å²) in [4.78, 5) is 19.0. The highest BCUT2D eigenvalue weighted by Crippen LogP contribution is 2.45. The lowest BCUT2D eigenvalue weighted by molar-refractivity contribution is -0.138. The number of carbonyl (C=O) groups excluding carboxylic acids is 1. The monoisotopic (exact) mass is 463 g/mol. The predicted molar refractivity (Wildman–Crippen MR) is 116 cm³/mol. The van der Waals surface area contributed by atoms with Gasteiger partial charge < -0.3 is 20.5 Å². The van der Waals surface area contributed by atoms with Crippen LogP contribution in [0, 0.1) is 0 Å². The van der Waals surface area contributed by atoms with Gasteiger partial charge in [-0.05, 0) is 44.4 Å². The number of amides is 1. The van der Waals surface area contributed by atoms with Crippen molar-refractivity contribution in [1.29, 1.82) is 0 Å². The third kappa shape index (κ3) is 3.46. The van der Waals surface area contributed by atoms with Crippen molar-refractivity contribution in [2.45, 2.75) is 67.3 Å². The highest BCUT2D eigenvalue weighted by atomic mass is 32.2. The number of aliphatic hydroxyl groups is 1. The second-order valence-corrected chi connectivity index (χ2v) is 11.2. The third-order valence-electron chi connectivity index (χ3n) is 7.27. The highest BCUT2D eigenvalue weighted by molar-refractivity contribution is 7.91. The summed E-state index contributed by atoms with van der Waals surface area (Å²) >= 11 is 0. The molecule has 11 heteroatoms. The van der Waals surface area contributed by atoms with Gasteiger partial charge >= 0.3 is 0 Å².